The molecular formula is C35H47FN8O2S2. The first kappa shape index (κ1) is 35.6. The molecule has 258 valence electrons. The monoisotopic (exact) mass is 694 g/mol. The molecule has 0 radical (unpaired) electrons. The topological polar surface area (TPSA) is 140 Å². The number of alkyl carbamates (subject to hydrolysis) is 1. The summed E-state index contributed by atoms with van der Waals surface area (Å²) < 4.78 is 18.4. The number of nitrogens with one attached hydrogen (secondary N) is 3. The van der Waals surface area contributed by atoms with Crippen molar-refractivity contribution in [3.63, 3.8) is 0 Å². The molecule has 0 spiro atoms. The molecule has 5 N–H and O–H groups in total. The van der Waals surface area contributed by atoms with Gasteiger partial charge in [0, 0.05) is 35.6 Å². The van der Waals surface area contributed by atoms with Crippen LogP contribution in [0.5, 0.6) is 0 Å². The van der Waals surface area contributed by atoms with Gasteiger partial charge in [-0.15, -0.1) is 22.7 Å². The second kappa shape index (κ2) is 17.1. The highest BCUT2D eigenvalue weighted by Gasteiger charge is 2.24. The first-order valence-corrected chi connectivity index (χ1v) is 18.5. The second-order valence-corrected chi connectivity index (χ2v) is 15.2. The highest BCUT2D eigenvalue weighted by atomic mass is 32.1. The van der Waals surface area contributed by atoms with Gasteiger partial charge in [-0.2, -0.15) is 4.39 Å². The van der Waals surface area contributed by atoms with E-state index in [1.54, 1.807) is 41.0 Å². The number of nitrogens with zero attached hydrogens (tertiary/aromatic N) is 4. The molecule has 0 unspecified atom stereocenters. The first-order chi connectivity index (χ1) is 23.1. The van der Waals surface area contributed by atoms with Crippen LogP contribution in [0.25, 0.3) is 22.8 Å². The summed E-state index contributed by atoms with van der Waals surface area (Å²) in [5, 5.41) is 15.7. The molecule has 4 heterocycles. The van der Waals surface area contributed by atoms with Crippen LogP contribution in [0.15, 0.2) is 53.4 Å². The molecule has 2 aliphatic carbocycles. The summed E-state index contributed by atoms with van der Waals surface area (Å²) in [4.78, 5) is 29.1. The summed E-state index contributed by atoms with van der Waals surface area (Å²) in [6, 6.07) is 11.5. The standard InChI is InChI=1S/C20H28N4O2S.C15H19FN4S/c1-20(2,3)26-19(25)22-12-14-7-9-15(10-8-14)23-18-24-17(13-27-18)16-6-4-5-11-21-16;16-14-3-1-2-12(19-14)13-9-21-15(20-13)18-11-6-4-10(8-17)5-7-11/h4-6,11,13-15H,7-10,12H2,1-3H3,(H,22,25)(H,23,24);1-3,9-11H,4-8,17H2,(H,18,20)/t14-,15-;10-,11-. The molecule has 4 aromatic rings. The Labute approximate surface area is 290 Å². The normalized spacial score (nSPS) is 21.0. The minimum Gasteiger partial charge on any atom is -0.444 e. The SMILES string of the molecule is CC(C)(C)OC(=O)NC[C@H]1CC[C@H](Nc2nc(-c3ccccn3)cs2)CC1.NC[C@H]1CC[C@H](Nc2nc(-c3cccc(F)n3)cs2)CC1. The van der Waals surface area contributed by atoms with Crippen molar-refractivity contribution < 1.29 is 13.9 Å². The minimum atomic E-state index is -0.477. The number of carbonyl (C=O) groups excluding carboxylic acids is 1. The highest BCUT2D eigenvalue weighted by molar-refractivity contribution is 7.14. The zero-order valence-corrected chi connectivity index (χ0v) is 29.6. The number of nitrogens with two attached hydrogens (primary N) is 1. The van der Waals surface area contributed by atoms with Crippen LogP contribution in [-0.2, 0) is 4.74 Å². The Morgan fingerprint density at radius 3 is 1.94 bits per heavy atom. The lowest BCUT2D eigenvalue weighted by molar-refractivity contribution is 0.0515. The van der Waals surface area contributed by atoms with Crippen molar-refractivity contribution in [3.05, 3.63) is 59.3 Å². The van der Waals surface area contributed by atoms with Gasteiger partial charge in [0.2, 0.25) is 5.95 Å². The second-order valence-electron chi connectivity index (χ2n) is 13.5. The average molecular weight is 695 g/mol. The van der Waals surface area contributed by atoms with E-state index in [4.69, 9.17) is 10.5 Å². The molecule has 48 heavy (non-hydrogen) atoms. The molecule has 2 fully saturated rings. The molecule has 2 aliphatic rings. The number of anilines is 2. The maximum atomic E-state index is 13.1. The predicted molar refractivity (Wildman–Crippen MR) is 193 cm³/mol. The summed E-state index contributed by atoms with van der Waals surface area (Å²) in [6.45, 7) is 7.10. The lowest BCUT2D eigenvalue weighted by Crippen LogP contribution is -2.37. The van der Waals surface area contributed by atoms with E-state index in [0.29, 0.717) is 36.2 Å². The molecule has 0 atom stereocenters. The number of carbonyl (C=O) groups is 1. The van der Waals surface area contributed by atoms with Crippen LogP contribution in [0, 0.1) is 17.8 Å². The Morgan fingerprint density at radius 2 is 1.40 bits per heavy atom. The number of rotatable bonds is 9. The van der Waals surface area contributed by atoms with Gasteiger partial charge in [0.05, 0.1) is 11.4 Å². The van der Waals surface area contributed by atoms with Crippen LogP contribution in [-0.4, -0.2) is 56.8 Å². The average Bonchev–Trinajstić information content (AvgIpc) is 3.75. The Morgan fingerprint density at radius 1 is 0.812 bits per heavy atom. The molecular weight excluding hydrogens is 648 g/mol. The summed E-state index contributed by atoms with van der Waals surface area (Å²) >= 11 is 3.16. The van der Waals surface area contributed by atoms with Gasteiger partial charge in [0.1, 0.15) is 17.0 Å². The maximum absolute atomic E-state index is 13.1. The van der Waals surface area contributed by atoms with Crippen molar-refractivity contribution in [3.8, 4) is 22.8 Å². The van der Waals surface area contributed by atoms with Crippen LogP contribution in [0.4, 0.5) is 19.4 Å². The van der Waals surface area contributed by atoms with E-state index in [0.717, 1.165) is 72.4 Å². The van der Waals surface area contributed by atoms with Crippen molar-refractivity contribution in [1.82, 2.24) is 25.3 Å². The zero-order chi connectivity index (χ0) is 33.9. The summed E-state index contributed by atoms with van der Waals surface area (Å²) in [7, 11) is 0. The van der Waals surface area contributed by atoms with E-state index in [1.165, 1.54) is 18.9 Å². The number of amides is 1. The van der Waals surface area contributed by atoms with Gasteiger partial charge in [-0.25, -0.2) is 19.7 Å². The van der Waals surface area contributed by atoms with Gasteiger partial charge in [-0.3, -0.25) is 4.98 Å². The van der Waals surface area contributed by atoms with Crippen molar-refractivity contribution in [2.75, 3.05) is 23.7 Å². The van der Waals surface area contributed by atoms with Gasteiger partial charge in [-0.05, 0) is 115 Å². The van der Waals surface area contributed by atoms with Crippen LogP contribution in [0.3, 0.4) is 0 Å². The number of halogens is 1. The molecule has 0 aliphatic heterocycles. The van der Waals surface area contributed by atoms with Crippen LogP contribution in [0.2, 0.25) is 0 Å². The molecule has 13 heteroatoms. The van der Waals surface area contributed by atoms with Gasteiger partial charge < -0.3 is 26.4 Å². The first-order valence-electron chi connectivity index (χ1n) is 16.8. The lowest BCUT2D eigenvalue weighted by Gasteiger charge is -2.29. The van der Waals surface area contributed by atoms with E-state index in [9.17, 15) is 9.18 Å². The zero-order valence-electron chi connectivity index (χ0n) is 28.0. The van der Waals surface area contributed by atoms with E-state index in [-0.39, 0.29) is 6.09 Å². The molecule has 4 aromatic heterocycles. The van der Waals surface area contributed by atoms with Crippen molar-refractivity contribution >= 4 is 39.0 Å². The van der Waals surface area contributed by atoms with Gasteiger partial charge in [-0.1, -0.05) is 12.1 Å². The van der Waals surface area contributed by atoms with Crippen molar-refractivity contribution in [2.45, 2.75) is 89.8 Å². The largest absolute Gasteiger partial charge is 0.444 e. The number of hydrogen-bond donors (Lipinski definition) is 4. The van der Waals surface area contributed by atoms with Gasteiger partial charge in [0.25, 0.3) is 0 Å². The van der Waals surface area contributed by atoms with Gasteiger partial charge >= 0.3 is 6.09 Å². The quantitative estimate of drug-likeness (QED) is 0.128. The number of aromatic nitrogens is 4. The van der Waals surface area contributed by atoms with Crippen LogP contribution < -0.4 is 21.7 Å². The number of ether oxygens (including phenoxy) is 1. The van der Waals surface area contributed by atoms with E-state index >= 15 is 0 Å². The molecule has 10 nitrogen and oxygen atoms in total. The highest BCUT2D eigenvalue weighted by Crippen LogP contribution is 2.30. The third-order valence-electron chi connectivity index (χ3n) is 8.53. The third-order valence-corrected chi connectivity index (χ3v) is 10.1. The molecule has 0 aromatic carbocycles. The molecule has 0 saturated heterocycles. The van der Waals surface area contributed by atoms with E-state index in [1.807, 2.05) is 49.7 Å². The van der Waals surface area contributed by atoms with E-state index < -0.39 is 11.5 Å². The molecule has 1 amide bonds. The summed E-state index contributed by atoms with van der Waals surface area (Å²) in [5.41, 5.74) is 8.37. The van der Waals surface area contributed by atoms with Gasteiger partial charge in [0.15, 0.2) is 10.3 Å². The Balaban J connectivity index is 0.000000194. The fourth-order valence-electron chi connectivity index (χ4n) is 5.93. The number of hydrogen-bond acceptors (Lipinski definition) is 11. The Bertz CT molecular complexity index is 1560. The smallest absolute Gasteiger partial charge is 0.407 e. The molecule has 0 bridgehead atoms. The Hall–Kier alpha value is -3.68. The summed E-state index contributed by atoms with van der Waals surface area (Å²) in [6.07, 6.45) is 10.4. The third kappa shape index (κ3) is 11.2. The molecule has 6 rings (SSSR count). The molecule has 2 saturated carbocycles. The fraction of sp³-hybridized carbons (Fsp3) is 0.514. The van der Waals surface area contributed by atoms with Crippen LogP contribution >= 0.6 is 22.7 Å². The van der Waals surface area contributed by atoms with Crippen LogP contribution in [0.1, 0.15) is 72.1 Å². The van der Waals surface area contributed by atoms with E-state index in [2.05, 4.69) is 35.9 Å². The number of pyridine rings is 2. The fourth-order valence-corrected chi connectivity index (χ4v) is 7.49. The summed E-state index contributed by atoms with van der Waals surface area (Å²) in [5.74, 6) is 0.706. The van der Waals surface area contributed by atoms with Crippen molar-refractivity contribution in [2.24, 2.45) is 17.6 Å². The Kier molecular flexibility index (Phi) is 12.7. The lowest BCUT2D eigenvalue weighted by atomic mass is 9.86. The van der Waals surface area contributed by atoms with Crippen molar-refractivity contribution in [1.29, 1.82) is 0 Å². The maximum Gasteiger partial charge on any atom is 0.407 e. The minimum absolute atomic E-state index is 0.326. The number of thiazole rings is 2. The predicted octanol–water partition coefficient (Wildman–Crippen LogP) is 7.97.